The van der Waals surface area contributed by atoms with Gasteiger partial charge in [-0.3, -0.25) is 0 Å². The van der Waals surface area contributed by atoms with Crippen LogP contribution in [-0.2, 0) is 6.54 Å². The molecule has 0 aliphatic heterocycles. The number of nitrogens with two attached hydrogens (primary N) is 1. The Morgan fingerprint density at radius 1 is 1.25 bits per heavy atom. The van der Waals surface area contributed by atoms with Gasteiger partial charge in [0.2, 0.25) is 0 Å². The van der Waals surface area contributed by atoms with E-state index in [0.29, 0.717) is 0 Å². The van der Waals surface area contributed by atoms with Gasteiger partial charge in [0.1, 0.15) is 0 Å². The normalized spacial score (nSPS) is 17.7. The Bertz CT molecular complexity index is 624. The Hall–Kier alpha value is -1.97. The molecule has 3 rings (SSSR count). The van der Waals surface area contributed by atoms with E-state index in [1.54, 1.807) is 0 Å². The average molecular weight is 271 g/mol. The Balaban J connectivity index is 1.93. The molecule has 1 fully saturated rings. The van der Waals surface area contributed by atoms with Gasteiger partial charge in [-0.25, -0.2) is 0 Å². The summed E-state index contributed by atoms with van der Waals surface area (Å²) >= 11 is 0. The summed E-state index contributed by atoms with van der Waals surface area (Å²) in [7, 11) is 0. The monoisotopic (exact) mass is 271 g/mol. The molecular formula is C16H21N3O. The van der Waals surface area contributed by atoms with Crippen LogP contribution >= 0.6 is 0 Å². The van der Waals surface area contributed by atoms with Crippen molar-refractivity contribution in [3.05, 3.63) is 36.0 Å². The van der Waals surface area contributed by atoms with Crippen molar-refractivity contribution in [1.29, 1.82) is 0 Å². The van der Waals surface area contributed by atoms with Crippen molar-refractivity contribution in [3.63, 3.8) is 0 Å². The number of rotatable bonds is 3. The molecule has 1 saturated carbocycles. The first-order chi connectivity index (χ1) is 9.79. The van der Waals surface area contributed by atoms with Crippen LogP contribution in [-0.4, -0.2) is 15.6 Å². The molecule has 106 valence electrons. The maximum atomic E-state index is 8.87. The second-order valence-corrected chi connectivity index (χ2v) is 5.70. The maximum Gasteiger partial charge on any atom is 0.170 e. The fourth-order valence-corrected chi connectivity index (χ4v) is 3.31. The third kappa shape index (κ3) is 2.38. The van der Waals surface area contributed by atoms with Gasteiger partial charge in [-0.2, -0.15) is 0 Å². The SMILES string of the molecule is N/C(=N/O)c1cccc2c1ccn2CC1CCCCC1. The second-order valence-electron chi connectivity index (χ2n) is 5.70. The van der Waals surface area contributed by atoms with Gasteiger partial charge in [0.15, 0.2) is 5.84 Å². The molecule has 20 heavy (non-hydrogen) atoms. The smallest absolute Gasteiger partial charge is 0.170 e. The van der Waals surface area contributed by atoms with E-state index in [1.807, 2.05) is 12.1 Å². The summed E-state index contributed by atoms with van der Waals surface area (Å²) < 4.78 is 2.31. The zero-order valence-corrected chi connectivity index (χ0v) is 11.6. The number of hydrogen-bond acceptors (Lipinski definition) is 2. The molecule has 1 heterocycles. The molecule has 4 nitrogen and oxygen atoms in total. The lowest BCUT2D eigenvalue weighted by Gasteiger charge is -2.22. The standard InChI is InChI=1S/C16H21N3O/c17-16(18-20)14-7-4-8-15-13(14)9-10-19(15)11-12-5-2-1-3-6-12/h4,7-10,12,20H,1-3,5-6,11H2,(H2,17,18). The third-order valence-electron chi connectivity index (χ3n) is 4.38. The molecule has 1 aliphatic rings. The molecule has 3 N–H and O–H groups in total. The van der Waals surface area contributed by atoms with Crippen LogP contribution in [0.5, 0.6) is 0 Å². The molecular weight excluding hydrogens is 250 g/mol. The summed E-state index contributed by atoms with van der Waals surface area (Å²) in [5.74, 6) is 0.956. The summed E-state index contributed by atoms with van der Waals surface area (Å²) in [6.45, 7) is 1.07. The largest absolute Gasteiger partial charge is 0.409 e. The molecule has 1 aromatic carbocycles. The average Bonchev–Trinajstić information content (AvgIpc) is 2.91. The van der Waals surface area contributed by atoms with Crippen LogP contribution in [0.3, 0.4) is 0 Å². The molecule has 2 aromatic rings. The molecule has 0 radical (unpaired) electrons. The van der Waals surface area contributed by atoms with Crippen molar-refractivity contribution in [2.75, 3.05) is 0 Å². The lowest BCUT2D eigenvalue weighted by Crippen LogP contribution is -2.14. The fourth-order valence-electron chi connectivity index (χ4n) is 3.31. The van der Waals surface area contributed by atoms with E-state index in [9.17, 15) is 0 Å². The van der Waals surface area contributed by atoms with Crippen LogP contribution in [0.1, 0.15) is 37.7 Å². The van der Waals surface area contributed by atoms with E-state index in [2.05, 4.69) is 28.1 Å². The van der Waals surface area contributed by atoms with Gasteiger partial charge in [0.05, 0.1) is 0 Å². The van der Waals surface area contributed by atoms with Crippen molar-refractivity contribution < 1.29 is 5.21 Å². The van der Waals surface area contributed by atoms with E-state index >= 15 is 0 Å². The van der Waals surface area contributed by atoms with Crippen molar-refractivity contribution in [3.8, 4) is 0 Å². The van der Waals surface area contributed by atoms with Gasteiger partial charge in [0.25, 0.3) is 0 Å². The zero-order valence-electron chi connectivity index (χ0n) is 11.6. The van der Waals surface area contributed by atoms with Crippen LogP contribution in [0.25, 0.3) is 10.9 Å². The molecule has 0 spiro atoms. The van der Waals surface area contributed by atoms with Crippen LogP contribution in [0, 0.1) is 5.92 Å². The van der Waals surface area contributed by atoms with Gasteiger partial charge in [-0.15, -0.1) is 0 Å². The highest BCUT2D eigenvalue weighted by Crippen LogP contribution is 2.27. The fraction of sp³-hybridized carbons (Fsp3) is 0.438. The molecule has 0 amide bonds. The van der Waals surface area contributed by atoms with E-state index < -0.39 is 0 Å². The van der Waals surface area contributed by atoms with Crippen molar-refractivity contribution in [2.24, 2.45) is 16.8 Å². The summed E-state index contributed by atoms with van der Waals surface area (Å²) in [6.07, 6.45) is 8.89. The van der Waals surface area contributed by atoms with Gasteiger partial charge < -0.3 is 15.5 Å². The summed E-state index contributed by atoms with van der Waals surface area (Å²) in [4.78, 5) is 0. The molecule has 1 aliphatic carbocycles. The summed E-state index contributed by atoms with van der Waals surface area (Å²) in [5.41, 5.74) is 7.71. The van der Waals surface area contributed by atoms with Crippen molar-refractivity contribution in [1.82, 2.24) is 4.57 Å². The first kappa shape index (κ1) is 13.0. The van der Waals surface area contributed by atoms with E-state index in [1.165, 1.54) is 37.6 Å². The van der Waals surface area contributed by atoms with E-state index in [-0.39, 0.29) is 5.84 Å². The quantitative estimate of drug-likeness (QED) is 0.389. The van der Waals surface area contributed by atoms with E-state index in [4.69, 9.17) is 10.9 Å². The zero-order chi connectivity index (χ0) is 13.9. The van der Waals surface area contributed by atoms with Crippen molar-refractivity contribution in [2.45, 2.75) is 38.6 Å². The first-order valence-corrected chi connectivity index (χ1v) is 7.35. The van der Waals surface area contributed by atoms with Crippen LogP contribution < -0.4 is 5.73 Å². The van der Waals surface area contributed by atoms with Gasteiger partial charge in [0, 0.05) is 29.2 Å². The molecule has 0 atom stereocenters. The van der Waals surface area contributed by atoms with Gasteiger partial charge >= 0.3 is 0 Å². The Kier molecular flexibility index (Phi) is 3.63. The maximum absolute atomic E-state index is 8.87. The Labute approximate surface area is 118 Å². The summed E-state index contributed by atoms with van der Waals surface area (Å²) in [5, 5.41) is 13.0. The predicted molar refractivity (Wildman–Crippen MR) is 81.0 cm³/mol. The number of benzene rings is 1. The highest BCUT2D eigenvalue weighted by atomic mass is 16.4. The van der Waals surface area contributed by atoms with E-state index in [0.717, 1.165) is 23.4 Å². The molecule has 0 saturated heterocycles. The summed E-state index contributed by atoms with van der Waals surface area (Å²) in [6, 6.07) is 8.02. The Morgan fingerprint density at radius 2 is 2.05 bits per heavy atom. The third-order valence-corrected chi connectivity index (χ3v) is 4.38. The molecule has 0 bridgehead atoms. The second kappa shape index (κ2) is 5.57. The van der Waals surface area contributed by atoms with Crippen LogP contribution in [0.15, 0.2) is 35.6 Å². The molecule has 0 unspecified atom stereocenters. The van der Waals surface area contributed by atoms with Crippen LogP contribution in [0.4, 0.5) is 0 Å². The number of aromatic nitrogens is 1. The highest BCUT2D eigenvalue weighted by Gasteiger charge is 2.15. The minimum absolute atomic E-state index is 0.172. The number of fused-ring (bicyclic) bond motifs is 1. The highest BCUT2D eigenvalue weighted by molar-refractivity contribution is 6.08. The number of nitrogens with zero attached hydrogens (tertiary/aromatic N) is 2. The lowest BCUT2D eigenvalue weighted by atomic mass is 9.89. The molecule has 4 heteroatoms. The van der Waals surface area contributed by atoms with Gasteiger partial charge in [-0.05, 0) is 30.9 Å². The first-order valence-electron chi connectivity index (χ1n) is 7.35. The number of oxime groups is 1. The minimum atomic E-state index is 0.172. The van der Waals surface area contributed by atoms with Crippen molar-refractivity contribution >= 4 is 16.7 Å². The molecule has 1 aromatic heterocycles. The number of hydrogen-bond donors (Lipinski definition) is 2. The Morgan fingerprint density at radius 3 is 2.80 bits per heavy atom. The predicted octanol–water partition coefficient (Wildman–Crippen LogP) is 3.32. The lowest BCUT2D eigenvalue weighted by molar-refractivity contribution is 0.318. The number of amidine groups is 1. The van der Waals surface area contributed by atoms with Crippen LogP contribution in [0.2, 0.25) is 0 Å². The van der Waals surface area contributed by atoms with Gasteiger partial charge in [-0.1, -0.05) is 36.6 Å². The topological polar surface area (TPSA) is 63.5 Å². The minimum Gasteiger partial charge on any atom is -0.409 e.